The second-order valence-corrected chi connectivity index (χ2v) is 4.69. The summed E-state index contributed by atoms with van der Waals surface area (Å²) in [5.74, 6) is 0. The maximum absolute atomic E-state index is 11.2. The van der Waals surface area contributed by atoms with Crippen LogP contribution in [0.3, 0.4) is 0 Å². The Labute approximate surface area is 126 Å². The summed E-state index contributed by atoms with van der Waals surface area (Å²) in [6.45, 7) is 0. The van der Waals surface area contributed by atoms with Crippen molar-refractivity contribution >= 4 is 11.4 Å². The zero-order valence-electron chi connectivity index (χ0n) is 11.5. The quantitative estimate of drug-likeness (QED) is 0.454. The molecule has 3 aromatic rings. The normalized spacial score (nSPS) is 10.4. The monoisotopic (exact) mass is 292 g/mol. The number of rotatable bonds is 3. The van der Waals surface area contributed by atoms with Crippen LogP contribution in [0.5, 0.6) is 0 Å². The van der Waals surface area contributed by atoms with Gasteiger partial charge in [0.2, 0.25) is 0 Å². The Morgan fingerprint density at radius 1 is 0.955 bits per heavy atom. The van der Waals surface area contributed by atoms with Crippen molar-refractivity contribution in [1.29, 1.82) is 0 Å². The molecule has 0 amide bonds. The Bertz CT molecular complexity index is 832. The van der Waals surface area contributed by atoms with E-state index in [1.807, 2.05) is 12.1 Å². The molecule has 2 N–H and O–H groups in total. The van der Waals surface area contributed by atoms with Crippen LogP contribution in [0.2, 0.25) is 0 Å². The third-order valence-corrected chi connectivity index (χ3v) is 3.30. The van der Waals surface area contributed by atoms with Crippen molar-refractivity contribution < 1.29 is 4.92 Å². The van der Waals surface area contributed by atoms with E-state index in [-0.39, 0.29) is 5.69 Å². The largest absolute Gasteiger partial charge is 0.399 e. The standard InChI is InChI=1S/C16H12N4O2/c17-12-7-5-11(6-8-12)16-14(9-10-18-19-16)13-3-1-2-4-15(13)20(21)22/h1-10H,17H2. The van der Waals surface area contributed by atoms with E-state index in [1.165, 1.54) is 12.3 Å². The lowest BCUT2D eigenvalue weighted by Crippen LogP contribution is -1.96. The summed E-state index contributed by atoms with van der Waals surface area (Å²) in [5, 5.41) is 19.3. The molecule has 0 atom stereocenters. The minimum Gasteiger partial charge on any atom is -0.399 e. The van der Waals surface area contributed by atoms with E-state index in [2.05, 4.69) is 10.2 Å². The minimum atomic E-state index is -0.400. The van der Waals surface area contributed by atoms with Crippen LogP contribution in [-0.2, 0) is 0 Å². The van der Waals surface area contributed by atoms with E-state index >= 15 is 0 Å². The lowest BCUT2D eigenvalue weighted by Gasteiger charge is -2.08. The molecule has 3 rings (SSSR count). The average molecular weight is 292 g/mol. The molecule has 6 nitrogen and oxygen atoms in total. The van der Waals surface area contributed by atoms with Gasteiger partial charge in [-0.1, -0.05) is 24.3 Å². The number of nitrogens with zero attached hydrogens (tertiary/aromatic N) is 3. The van der Waals surface area contributed by atoms with E-state index < -0.39 is 4.92 Å². The SMILES string of the molecule is Nc1ccc(-c2nnccc2-c2ccccc2[N+](=O)[O-])cc1. The first-order chi connectivity index (χ1) is 10.7. The fraction of sp³-hybridized carbons (Fsp3) is 0. The van der Waals surface area contributed by atoms with Gasteiger partial charge in [0.05, 0.1) is 16.7 Å². The van der Waals surface area contributed by atoms with Crippen LogP contribution in [-0.4, -0.2) is 15.1 Å². The van der Waals surface area contributed by atoms with Crippen LogP contribution in [0.4, 0.5) is 11.4 Å². The second-order valence-electron chi connectivity index (χ2n) is 4.69. The van der Waals surface area contributed by atoms with Gasteiger partial charge in [0.25, 0.3) is 5.69 Å². The van der Waals surface area contributed by atoms with Gasteiger partial charge < -0.3 is 5.73 Å². The highest BCUT2D eigenvalue weighted by Gasteiger charge is 2.18. The van der Waals surface area contributed by atoms with E-state index in [4.69, 9.17) is 5.73 Å². The first-order valence-corrected chi connectivity index (χ1v) is 6.58. The van der Waals surface area contributed by atoms with Crippen LogP contribution in [0, 0.1) is 10.1 Å². The molecule has 1 heterocycles. The van der Waals surface area contributed by atoms with Gasteiger partial charge in [-0.2, -0.15) is 5.10 Å². The number of nitrogen functional groups attached to an aromatic ring is 1. The van der Waals surface area contributed by atoms with Crippen LogP contribution in [0.1, 0.15) is 0 Å². The molecule has 1 aromatic heterocycles. The van der Waals surface area contributed by atoms with Crippen molar-refractivity contribution in [2.45, 2.75) is 0 Å². The van der Waals surface area contributed by atoms with Gasteiger partial charge in [0.15, 0.2) is 0 Å². The van der Waals surface area contributed by atoms with Gasteiger partial charge in [0.1, 0.15) is 5.69 Å². The van der Waals surface area contributed by atoms with Crippen LogP contribution in [0.15, 0.2) is 60.8 Å². The maximum atomic E-state index is 11.2. The number of anilines is 1. The highest BCUT2D eigenvalue weighted by atomic mass is 16.6. The van der Waals surface area contributed by atoms with Crippen LogP contribution < -0.4 is 5.73 Å². The third-order valence-electron chi connectivity index (χ3n) is 3.30. The third kappa shape index (κ3) is 2.49. The average Bonchev–Trinajstić information content (AvgIpc) is 2.55. The van der Waals surface area contributed by atoms with Gasteiger partial charge in [0, 0.05) is 22.9 Å². The fourth-order valence-corrected chi connectivity index (χ4v) is 2.26. The van der Waals surface area contributed by atoms with Gasteiger partial charge >= 0.3 is 0 Å². The molecular weight excluding hydrogens is 280 g/mol. The molecule has 2 aromatic carbocycles. The van der Waals surface area contributed by atoms with Gasteiger partial charge in [-0.3, -0.25) is 10.1 Å². The predicted molar refractivity (Wildman–Crippen MR) is 84.0 cm³/mol. The summed E-state index contributed by atoms with van der Waals surface area (Å²) in [6.07, 6.45) is 1.52. The molecule has 0 saturated carbocycles. The number of nitro benzene ring substituents is 1. The van der Waals surface area contributed by atoms with Crippen molar-refractivity contribution in [2.75, 3.05) is 5.73 Å². The molecule has 0 radical (unpaired) electrons. The number of nitro groups is 1. The smallest absolute Gasteiger partial charge is 0.277 e. The molecule has 0 aliphatic heterocycles. The van der Waals surface area contributed by atoms with Crippen molar-refractivity contribution in [3.63, 3.8) is 0 Å². The highest BCUT2D eigenvalue weighted by molar-refractivity contribution is 5.85. The summed E-state index contributed by atoms with van der Waals surface area (Å²) in [5.41, 5.74) is 8.92. The Kier molecular flexibility index (Phi) is 3.49. The van der Waals surface area contributed by atoms with Crippen LogP contribution in [0.25, 0.3) is 22.4 Å². The topological polar surface area (TPSA) is 94.9 Å². The number of para-hydroxylation sites is 1. The van der Waals surface area contributed by atoms with Crippen molar-refractivity contribution in [2.24, 2.45) is 0 Å². The number of hydrogen-bond donors (Lipinski definition) is 1. The second kappa shape index (κ2) is 5.61. The molecule has 6 heteroatoms. The number of benzene rings is 2. The van der Waals surface area contributed by atoms with E-state index in [0.29, 0.717) is 22.5 Å². The number of nitrogens with two attached hydrogens (primary N) is 1. The first-order valence-electron chi connectivity index (χ1n) is 6.58. The molecule has 0 aliphatic rings. The van der Waals surface area contributed by atoms with Crippen molar-refractivity contribution in [3.8, 4) is 22.4 Å². The van der Waals surface area contributed by atoms with E-state index in [9.17, 15) is 10.1 Å². The molecule has 108 valence electrons. The summed E-state index contributed by atoms with van der Waals surface area (Å²) in [6, 6.07) is 15.4. The van der Waals surface area contributed by atoms with Gasteiger partial charge in [-0.25, -0.2) is 0 Å². The molecule has 0 spiro atoms. The van der Waals surface area contributed by atoms with Gasteiger partial charge in [-0.05, 0) is 24.3 Å². The Balaban J connectivity index is 2.21. The predicted octanol–water partition coefficient (Wildman–Crippen LogP) is 3.30. The van der Waals surface area contributed by atoms with Crippen LogP contribution >= 0.6 is 0 Å². The first kappa shape index (κ1) is 13.7. The molecule has 22 heavy (non-hydrogen) atoms. The summed E-state index contributed by atoms with van der Waals surface area (Å²) < 4.78 is 0. The summed E-state index contributed by atoms with van der Waals surface area (Å²) in [7, 11) is 0. The van der Waals surface area contributed by atoms with Crippen molar-refractivity contribution in [1.82, 2.24) is 10.2 Å². The summed E-state index contributed by atoms with van der Waals surface area (Å²) in [4.78, 5) is 10.8. The van der Waals surface area contributed by atoms with Gasteiger partial charge in [-0.15, -0.1) is 5.10 Å². The number of hydrogen-bond acceptors (Lipinski definition) is 5. The molecule has 0 unspecified atom stereocenters. The Morgan fingerprint density at radius 2 is 1.68 bits per heavy atom. The Hall–Kier alpha value is -3.28. The highest BCUT2D eigenvalue weighted by Crippen LogP contribution is 2.35. The lowest BCUT2D eigenvalue weighted by molar-refractivity contribution is -0.384. The number of aromatic nitrogens is 2. The molecule has 0 aliphatic carbocycles. The summed E-state index contributed by atoms with van der Waals surface area (Å²) >= 11 is 0. The fourth-order valence-electron chi connectivity index (χ4n) is 2.26. The zero-order chi connectivity index (χ0) is 15.5. The Morgan fingerprint density at radius 3 is 2.41 bits per heavy atom. The molecular formula is C16H12N4O2. The lowest BCUT2D eigenvalue weighted by atomic mass is 9.99. The maximum Gasteiger partial charge on any atom is 0.277 e. The zero-order valence-corrected chi connectivity index (χ0v) is 11.5. The van der Waals surface area contributed by atoms with E-state index in [1.54, 1.807) is 36.4 Å². The molecule has 0 saturated heterocycles. The molecule has 0 fully saturated rings. The molecule has 0 bridgehead atoms. The van der Waals surface area contributed by atoms with Crippen molar-refractivity contribution in [3.05, 3.63) is 70.9 Å². The van der Waals surface area contributed by atoms with E-state index in [0.717, 1.165) is 5.56 Å². The minimum absolute atomic E-state index is 0.0344.